The molecule has 1 unspecified atom stereocenters. The molecule has 0 amide bonds. The van der Waals surface area contributed by atoms with E-state index in [0.717, 1.165) is 27.7 Å². The molecular weight excluding hydrogens is 330 g/mol. The van der Waals surface area contributed by atoms with E-state index in [4.69, 9.17) is 16.3 Å². The van der Waals surface area contributed by atoms with Crippen molar-refractivity contribution in [3.63, 3.8) is 0 Å². The van der Waals surface area contributed by atoms with Crippen LogP contribution in [0.3, 0.4) is 0 Å². The van der Waals surface area contributed by atoms with E-state index in [2.05, 4.69) is 11.1 Å². The van der Waals surface area contributed by atoms with Crippen molar-refractivity contribution in [1.29, 1.82) is 0 Å². The van der Waals surface area contributed by atoms with Gasteiger partial charge in [-0.2, -0.15) is 0 Å². The van der Waals surface area contributed by atoms with Crippen molar-refractivity contribution < 1.29 is 9.84 Å². The summed E-state index contributed by atoms with van der Waals surface area (Å²) in [6.07, 6.45) is 3.27. The number of halogens is 1. The fraction of sp³-hybridized carbons (Fsp3) is 0.167. The highest BCUT2D eigenvalue weighted by Gasteiger charge is 2.09. The Balaban J connectivity index is 1.58. The van der Waals surface area contributed by atoms with Gasteiger partial charge in [-0.05, 0) is 41.5 Å². The van der Waals surface area contributed by atoms with Crippen LogP contribution in [0.5, 0.6) is 5.75 Å². The maximum Gasteiger partial charge on any atom is 0.119 e. The summed E-state index contributed by atoms with van der Waals surface area (Å²) in [4.78, 5) is 5.33. The first-order valence-corrected chi connectivity index (χ1v) is 8.58. The normalized spacial score (nSPS) is 16.7. The van der Waals surface area contributed by atoms with E-state index in [1.54, 1.807) is 23.9 Å². The Morgan fingerprint density at radius 3 is 2.78 bits per heavy atom. The van der Waals surface area contributed by atoms with Crippen molar-refractivity contribution in [1.82, 2.24) is 0 Å². The van der Waals surface area contributed by atoms with Gasteiger partial charge >= 0.3 is 0 Å². The fourth-order valence-electron chi connectivity index (χ4n) is 2.17. The molecule has 1 heterocycles. The van der Waals surface area contributed by atoms with Crippen molar-refractivity contribution in [2.75, 3.05) is 12.5 Å². The number of aliphatic hydroxyl groups is 1. The van der Waals surface area contributed by atoms with E-state index in [0.29, 0.717) is 5.02 Å². The van der Waals surface area contributed by atoms with Crippen LogP contribution in [0, 0.1) is 0 Å². The Morgan fingerprint density at radius 2 is 2.09 bits per heavy atom. The maximum atomic E-state index is 10.1. The molecule has 0 aromatic heterocycles. The molecule has 0 fully saturated rings. The van der Waals surface area contributed by atoms with Crippen molar-refractivity contribution in [3.8, 4) is 5.75 Å². The van der Waals surface area contributed by atoms with Crippen LogP contribution >= 0.6 is 23.4 Å². The number of hydrogen-bond acceptors (Lipinski definition) is 4. The van der Waals surface area contributed by atoms with E-state index >= 15 is 0 Å². The number of aliphatic hydroxyl groups excluding tert-OH is 1. The number of thioether (sulfide) groups is 1. The molecule has 1 N–H and O–H groups in total. The Morgan fingerprint density at radius 1 is 1.26 bits per heavy atom. The Labute approximate surface area is 144 Å². The lowest BCUT2D eigenvalue weighted by Gasteiger charge is -2.13. The van der Waals surface area contributed by atoms with E-state index < -0.39 is 6.10 Å². The molecule has 118 valence electrons. The topological polar surface area (TPSA) is 41.8 Å². The van der Waals surface area contributed by atoms with Gasteiger partial charge in [-0.15, -0.1) is 11.8 Å². The number of ether oxygens (including phenoxy) is 1. The minimum absolute atomic E-state index is 0.184. The second-order valence-electron chi connectivity index (χ2n) is 5.08. The number of aliphatic imine (C=N–C) groups is 1. The third-order valence-corrected chi connectivity index (χ3v) is 4.42. The summed E-state index contributed by atoms with van der Waals surface area (Å²) in [7, 11) is 0. The first-order chi connectivity index (χ1) is 11.2. The highest BCUT2D eigenvalue weighted by molar-refractivity contribution is 8.04. The van der Waals surface area contributed by atoms with Gasteiger partial charge in [0, 0.05) is 16.1 Å². The lowest BCUT2D eigenvalue weighted by molar-refractivity contribution is 0.108. The maximum absolute atomic E-state index is 10.1. The standard InChI is InChI=1S/C18H16ClNO2S/c19-15-3-1-2-14(9-15)18(21)11-22-16-6-4-13(5-7-16)8-17-10-20-12-23-17/h1-10,18,21H,11-12H2. The summed E-state index contributed by atoms with van der Waals surface area (Å²) >= 11 is 7.64. The molecular formula is C18H16ClNO2S. The molecule has 3 nitrogen and oxygen atoms in total. The Kier molecular flexibility index (Phi) is 5.39. The molecule has 0 spiro atoms. The zero-order chi connectivity index (χ0) is 16.1. The highest BCUT2D eigenvalue weighted by atomic mass is 35.5. The molecule has 1 aliphatic heterocycles. The second-order valence-corrected chi connectivity index (χ2v) is 6.54. The van der Waals surface area contributed by atoms with Crippen molar-refractivity contribution >= 4 is 35.7 Å². The van der Waals surface area contributed by atoms with Gasteiger partial charge in [-0.3, -0.25) is 4.99 Å². The minimum Gasteiger partial charge on any atom is -0.491 e. The minimum atomic E-state index is -0.707. The van der Waals surface area contributed by atoms with Crippen LogP contribution in [0.1, 0.15) is 17.2 Å². The van der Waals surface area contributed by atoms with Gasteiger partial charge in [0.2, 0.25) is 0 Å². The molecule has 1 atom stereocenters. The first-order valence-electron chi connectivity index (χ1n) is 7.21. The lowest BCUT2D eigenvalue weighted by atomic mass is 10.1. The van der Waals surface area contributed by atoms with E-state index in [1.807, 2.05) is 42.6 Å². The molecule has 0 aliphatic carbocycles. The predicted molar refractivity (Wildman–Crippen MR) is 97.3 cm³/mol. The van der Waals surface area contributed by atoms with Crippen LogP contribution in [0.15, 0.2) is 58.4 Å². The van der Waals surface area contributed by atoms with Gasteiger partial charge in [0.15, 0.2) is 0 Å². The zero-order valence-corrected chi connectivity index (χ0v) is 13.9. The van der Waals surface area contributed by atoms with E-state index in [1.165, 1.54) is 0 Å². The highest BCUT2D eigenvalue weighted by Crippen LogP contribution is 2.24. The summed E-state index contributed by atoms with van der Waals surface area (Å²) in [6, 6.07) is 14.9. The average Bonchev–Trinajstić information content (AvgIpc) is 3.07. The fourth-order valence-corrected chi connectivity index (χ4v) is 3.03. The third-order valence-electron chi connectivity index (χ3n) is 3.35. The van der Waals surface area contributed by atoms with E-state index in [9.17, 15) is 5.11 Å². The predicted octanol–water partition coefficient (Wildman–Crippen LogP) is 4.57. The van der Waals surface area contributed by atoms with E-state index in [-0.39, 0.29) is 6.61 Å². The average molecular weight is 346 g/mol. The molecule has 0 saturated carbocycles. The molecule has 2 aromatic rings. The SMILES string of the molecule is OC(COc1ccc(C=C2C=NCS2)cc1)c1cccc(Cl)c1. The summed E-state index contributed by atoms with van der Waals surface area (Å²) in [5, 5.41) is 10.7. The molecule has 2 aromatic carbocycles. The number of nitrogens with zero attached hydrogens (tertiary/aromatic N) is 1. The van der Waals surface area contributed by atoms with Crippen LogP contribution < -0.4 is 4.74 Å². The smallest absolute Gasteiger partial charge is 0.119 e. The molecule has 0 saturated heterocycles. The molecule has 0 bridgehead atoms. The number of rotatable bonds is 5. The van der Waals surface area contributed by atoms with Crippen molar-refractivity contribution in [2.24, 2.45) is 4.99 Å². The number of allylic oxidation sites excluding steroid dienone is 1. The summed E-state index contributed by atoms with van der Waals surface area (Å²) in [5.41, 5.74) is 1.85. The summed E-state index contributed by atoms with van der Waals surface area (Å²) in [6.45, 7) is 0.184. The summed E-state index contributed by atoms with van der Waals surface area (Å²) in [5.74, 6) is 1.52. The summed E-state index contributed by atoms with van der Waals surface area (Å²) < 4.78 is 5.64. The zero-order valence-electron chi connectivity index (χ0n) is 12.4. The third kappa shape index (κ3) is 4.61. The van der Waals surface area contributed by atoms with Gasteiger partial charge in [0.05, 0.1) is 5.88 Å². The quantitative estimate of drug-likeness (QED) is 0.863. The second kappa shape index (κ2) is 7.68. The number of hydrogen-bond donors (Lipinski definition) is 1. The van der Waals surface area contributed by atoms with Crippen LogP contribution in [0.4, 0.5) is 0 Å². The van der Waals surface area contributed by atoms with Gasteiger partial charge in [0.25, 0.3) is 0 Å². The van der Waals surface area contributed by atoms with Crippen LogP contribution in [-0.4, -0.2) is 23.8 Å². The molecule has 0 radical (unpaired) electrons. The van der Waals surface area contributed by atoms with Gasteiger partial charge in [0.1, 0.15) is 18.5 Å². The number of benzene rings is 2. The van der Waals surface area contributed by atoms with Gasteiger partial charge in [-0.25, -0.2) is 0 Å². The largest absolute Gasteiger partial charge is 0.491 e. The molecule has 23 heavy (non-hydrogen) atoms. The first kappa shape index (κ1) is 16.1. The monoisotopic (exact) mass is 345 g/mol. The van der Waals surface area contributed by atoms with Gasteiger partial charge in [-0.1, -0.05) is 35.9 Å². The lowest BCUT2D eigenvalue weighted by Crippen LogP contribution is -2.09. The Bertz CT molecular complexity index is 728. The van der Waals surface area contributed by atoms with Crippen LogP contribution in [0.2, 0.25) is 5.02 Å². The molecule has 1 aliphatic rings. The van der Waals surface area contributed by atoms with Gasteiger partial charge < -0.3 is 9.84 Å². The van der Waals surface area contributed by atoms with Crippen LogP contribution in [-0.2, 0) is 0 Å². The Hall–Kier alpha value is -1.75. The molecule has 5 heteroatoms. The molecule has 3 rings (SSSR count). The van der Waals surface area contributed by atoms with Crippen molar-refractivity contribution in [3.05, 3.63) is 69.6 Å². The van der Waals surface area contributed by atoms with Crippen molar-refractivity contribution in [2.45, 2.75) is 6.10 Å². The van der Waals surface area contributed by atoms with Crippen LogP contribution in [0.25, 0.3) is 6.08 Å².